The Bertz CT molecular complexity index is 870. The van der Waals surface area contributed by atoms with Crippen LogP contribution in [0.4, 0.5) is 0 Å². The summed E-state index contributed by atoms with van der Waals surface area (Å²) in [5.41, 5.74) is 2.54. The number of fused-ring (bicyclic) bond motifs is 1. The van der Waals surface area contributed by atoms with E-state index in [1.54, 1.807) is 7.11 Å². The van der Waals surface area contributed by atoms with E-state index in [9.17, 15) is 4.79 Å². The van der Waals surface area contributed by atoms with Gasteiger partial charge >= 0.3 is 0 Å². The molecule has 1 unspecified atom stereocenters. The molecule has 1 fully saturated rings. The van der Waals surface area contributed by atoms with Crippen LogP contribution >= 0.6 is 0 Å². The number of H-pyrrole nitrogens is 1. The van der Waals surface area contributed by atoms with Crippen LogP contribution in [0.3, 0.4) is 0 Å². The molecule has 1 aliphatic rings. The van der Waals surface area contributed by atoms with E-state index in [0.717, 1.165) is 41.6 Å². The lowest BCUT2D eigenvalue weighted by molar-refractivity contribution is 0.0731. The molecule has 1 aromatic heterocycles. The van der Waals surface area contributed by atoms with Gasteiger partial charge in [-0.15, -0.1) is 0 Å². The Labute approximate surface area is 140 Å². The maximum Gasteiger partial charge on any atom is 0.275 e. The standard InChI is InChI=1S/C19H19N3O2/c1-24-14-10-8-13(9-11-14)17-7-4-12-22(17)19(23)18-15-5-2-3-6-16(15)20-21-18/h2-3,5-6,8-11,17H,4,7,12H2,1H3,(H,20,21). The summed E-state index contributed by atoms with van der Waals surface area (Å²) in [7, 11) is 1.66. The first-order chi connectivity index (χ1) is 11.8. The number of rotatable bonds is 3. The third-order valence-electron chi connectivity index (χ3n) is 4.69. The van der Waals surface area contributed by atoms with Gasteiger partial charge in [-0.2, -0.15) is 5.10 Å². The number of aromatic amines is 1. The van der Waals surface area contributed by atoms with Crippen molar-refractivity contribution in [1.29, 1.82) is 0 Å². The molecule has 0 aliphatic carbocycles. The maximum atomic E-state index is 13.0. The normalized spacial score (nSPS) is 17.4. The van der Waals surface area contributed by atoms with Crippen LogP contribution in [-0.4, -0.2) is 34.7 Å². The van der Waals surface area contributed by atoms with Crippen LogP contribution in [0.2, 0.25) is 0 Å². The number of ether oxygens (including phenoxy) is 1. The molecule has 4 rings (SSSR count). The molecule has 0 bridgehead atoms. The largest absolute Gasteiger partial charge is 0.497 e. The summed E-state index contributed by atoms with van der Waals surface area (Å²) in [5, 5.41) is 8.08. The van der Waals surface area contributed by atoms with Crippen LogP contribution in [0, 0.1) is 0 Å². The zero-order valence-electron chi connectivity index (χ0n) is 13.5. The van der Waals surface area contributed by atoms with Crippen LogP contribution < -0.4 is 4.74 Å². The number of hydrogen-bond acceptors (Lipinski definition) is 3. The van der Waals surface area contributed by atoms with Gasteiger partial charge in [-0.1, -0.05) is 30.3 Å². The lowest BCUT2D eigenvalue weighted by Gasteiger charge is -2.24. The molecule has 2 aromatic carbocycles. The highest BCUT2D eigenvalue weighted by atomic mass is 16.5. The number of nitrogens with one attached hydrogen (secondary N) is 1. The number of nitrogens with zero attached hydrogens (tertiary/aromatic N) is 2. The fourth-order valence-corrected chi connectivity index (χ4v) is 3.44. The SMILES string of the molecule is COc1ccc(C2CCCN2C(=O)c2n[nH]c3ccccc23)cc1. The Morgan fingerprint density at radius 3 is 2.79 bits per heavy atom. The van der Waals surface area contributed by atoms with Crippen LogP contribution in [0.15, 0.2) is 48.5 Å². The third kappa shape index (κ3) is 2.42. The minimum absolute atomic E-state index is 0.00855. The smallest absolute Gasteiger partial charge is 0.275 e. The van der Waals surface area contributed by atoms with Gasteiger partial charge in [-0.05, 0) is 36.6 Å². The summed E-state index contributed by atoms with van der Waals surface area (Å²) in [6, 6.07) is 15.8. The minimum Gasteiger partial charge on any atom is -0.497 e. The summed E-state index contributed by atoms with van der Waals surface area (Å²) in [4.78, 5) is 15.0. The highest BCUT2D eigenvalue weighted by Crippen LogP contribution is 2.34. The predicted molar refractivity (Wildman–Crippen MR) is 92.1 cm³/mol. The molecule has 122 valence electrons. The van der Waals surface area contributed by atoms with Gasteiger partial charge in [0.05, 0.1) is 18.7 Å². The lowest BCUT2D eigenvalue weighted by atomic mass is 10.0. The second-order valence-electron chi connectivity index (χ2n) is 6.05. The van der Waals surface area contributed by atoms with Crippen LogP contribution in [0.1, 0.15) is 34.9 Å². The number of carbonyl (C=O) groups excluding carboxylic acids is 1. The molecule has 0 radical (unpaired) electrons. The maximum absolute atomic E-state index is 13.0. The van der Waals surface area contributed by atoms with Gasteiger partial charge in [-0.25, -0.2) is 0 Å². The summed E-state index contributed by atoms with van der Waals surface area (Å²) in [5.74, 6) is 0.818. The van der Waals surface area contributed by atoms with Gasteiger partial charge in [0.1, 0.15) is 5.75 Å². The molecule has 0 saturated carbocycles. The lowest BCUT2D eigenvalue weighted by Crippen LogP contribution is -2.31. The van der Waals surface area contributed by atoms with Gasteiger partial charge in [-0.3, -0.25) is 9.89 Å². The third-order valence-corrected chi connectivity index (χ3v) is 4.69. The molecule has 5 nitrogen and oxygen atoms in total. The molecular formula is C19H19N3O2. The predicted octanol–water partition coefficient (Wildman–Crippen LogP) is 3.55. The van der Waals surface area contributed by atoms with Gasteiger partial charge < -0.3 is 9.64 Å². The molecule has 1 aliphatic heterocycles. The Kier molecular flexibility index (Phi) is 3.69. The van der Waals surface area contributed by atoms with E-state index in [2.05, 4.69) is 10.2 Å². The van der Waals surface area contributed by atoms with E-state index in [-0.39, 0.29) is 11.9 Å². The molecule has 1 amide bonds. The number of carbonyl (C=O) groups is 1. The van der Waals surface area contributed by atoms with Crippen molar-refractivity contribution < 1.29 is 9.53 Å². The highest BCUT2D eigenvalue weighted by molar-refractivity contribution is 6.04. The minimum atomic E-state index is -0.00855. The van der Waals surface area contributed by atoms with Crippen molar-refractivity contribution in [2.24, 2.45) is 0 Å². The fraction of sp³-hybridized carbons (Fsp3) is 0.263. The fourth-order valence-electron chi connectivity index (χ4n) is 3.44. The Balaban J connectivity index is 1.65. The van der Waals surface area contributed by atoms with Crippen molar-refractivity contribution in [2.75, 3.05) is 13.7 Å². The van der Waals surface area contributed by atoms with Crippen LogP contribution in [-0.2, 0) is 0 Å². The van der Waals surface area contributed by atoms with Crippen molar-refractivity contribution in [3.8, 4) is 5.75 Å². The number of likely N-dealkylation sites (tertiary alicyclic amines) is 1. The van der Waals surface area contributed by atoms with E-state index < -0.39 is 0 Å². The number of amides is 1. The zero-order valence-corrected chi connectivity index (χ0v) is 13.5. The first-order valence-electron chi connectivity index (χ1n) is 8.16. The van der Waals surface area contributed by atoms with E-state index >= 15 is 0 Å². The molecule has 1 atom stereocenters. The summed E-state index contributed by atoms with van der Waals surface area (Å²) >= 11 is 0. The second-order valence-corrected chi connectivity index (χ2v) is 6.05. The average Bonchev–Trinajstić information content (AvgIpc) is 3.28. The number of aromatic nitrogens is 2. The summed E-state index contributed by atoms with van der Waals surface area (Å²) in [6.45, 7) is 0.761. The molecule has 1 N–H and O–H groups in total. The Morgan fingerprint density at radius 2 is 2.00 bits per heavy atom. The zero-order chi connectivity index (χ0) is 16.5. The molecule has 0 spiro atoms. The summed E-state index contributed by atoms with van der Waals surface area (Å²) < 4.78 is 5.22. The number of para-hydroxylation sites is 1. The monoisotopic (exact) mass is 321 g/mol. The topological polar surface area (TPSA) is 58.2 Å². The summed E-state index contributed by atoms with van der Waals surface area (Å²) in [6.07, 6.45) is 1.98. The number of methoxy groups -OCH3 is 1. The van der Waals surface area contributed by atoms with E-state index in [1.165, 1.54) is 0 Å². The average molecular weight is 321 g/mol. The van der Waals surface area contributed by atoms with Gasteiger partial charge in [0, 0.05) is 11.9 Å². The molecular weight excluding hydrogens is 302 g/mol. The van der Waals surface area contributed by atoms with Gasteiger partial charge in [0.25, 0.3) is 5.91 Å². The highest BCUT2D eigenvalue weighted by Gasteiger charge is 2.32. The van der Waals surface area contributed by atoms with E-state index in [0.29, 0.717) is 5.69 Å². The van der Waals surface area contributed by atoms with Gasteiger partial charge in [0.2, 0.25) is 0 Å². The van der Waals surface area contributed by atoms with E-state index in [1.807, 2.05) is 53.4 Å². The first kappa shape index (κ1) is 14.8. The Hall–Kier alpha value is -2.82. The number of hydrogen-bond donors (Lipinski definition) is 1. The second kappa shape index (κ2) is 6.00. The molecule has 5 heteroatoms. The van der Waals surface area contributed by atoms with Crippen molar-refractivity contribution in [3.63, 3.8) is 0 Å². The van der Waals surface area contributed by atoms with Gasteiger partial charge in [0.15, 0.2) is 5.69 Å². The molecule has 2 heterocycles. The quantitative estimate of drug-likeness (QED) is 0.802. The van der Waals surface area contributed by atoms with Crippen molar-refractivity contribution in [1.82, 2.24) is 15.1 Å². The van der Waals surface area contributed by atoms with Crippen molar-refractivity contribution in [3.05, 3.63) is 59.8 Å². The first-order valence-corrected chi connectivity index (χ1v) is 8.16. The van der Waals surface area contributed by atoms with Crippen LogP contribution in [0.5, 0.6) is 5.75 Å². The molecule has 3 aromatic rings. The van der Waals surface area contributed by atoms with Crippen molar-refractivity contribution >= 4 is 16.8 Å². The van der Waals surface area contributed by atoms with E-state index in [4.69, 9.17) is 4.74 Å². The van der Waals surface area contributed by atoms with Crippen molar-refractivity contribution in [2.45, 2.75) is 18.9 Å². The molecule has 24 heavy (non-hydrogen) atoms. The number of benzene rings is 2. The van der Waals surface area contributed by atoms with Crippen LogP contribution in [0.25, 0.3) is 10.9 Å². The Morgan fingerprint density at radius 1 is 1.21 bits per heavy atom. The molecule has 1 saturated heterocycles.